The third-order valence-electron chi connectivity index (χ3n) is 4.46. The minimum atomic E-state index is -0.135. The van der Waals surface area contributed by atoms with Crippen molar-refractivity contribution in [1.82, 2.24) is 9.47 Å². The Morgan fingerprint density at radius 3 is 2.58 bits per heavy atom. The maximum Gasteiger partial charge on any atom is 0.250 e. The van der Waals surface area contributed by atoms with Crippen molar-refractivity contribution in [1.29, 1.82) is 0 Å². The number of pyridine rings is 1. The molecule has 0 radical (unpaired) electrons. The Bertz CT molecular complexity index is 500. The molecule has 0 spiro atoms. The van der Waals surface area contributed by atoms with E-state index in [0.29, 0.717) is 24.3 Å². The summed E-state index contributed by atoms with van der Waals surface area (Å²) in [6, 6.07) is 4.14. The Morgan fingerprint density at radius 1 is 1.21 bits per heavy atom. The fourth-order valence-corrected chi connectivity index (χ4v) is 3.56. The van der Waals surface area contributed by atoms with Crippen molar-refractivity contribution >= 4 is 5.69 Å². The lowest BCUT2D eigenvalue weighted by Gasteiger charge is -2.37. The number of aromatic nitrogens is 1. The largest absolute Gasteiger partial charge is 0.398 e. The first-order chi connectivity index (χ1) is 9.13. The van der Waals surface area contributed by atoms with Crippen molar-refractivity contribution in [2.24, 2.45) is 0 Å². The zero-order chi connectivity index (χ0) is 13.4. The Morgan fingerprint density at radius 2 is 1.89 bits per heavy atom. The molecule has 5 nitrogen and oxygen atoms in total. The first-order valence-electron chi connectivity index (χ1n) is 7.03. The second kappa shape index (κ2) is 4.98. The van der Waals surface area contributed by atoms with Gasteiger partial charge in [-0.1, -0.05) is 0 Å². The zero-order valence-corrected chi connectivity index (χ0v) is 11.0. The minimum absolute atomic E-state index is 0.00130. The van der Waals surface area contributed by atoms with Crippen LogP contribution < -0.4 is 11.3 Å². The molecule has 3 heterocycles. The van der Waals surface area contributed by atoms with Crippen molar-refractivity contribution in [2.75, 3.05) is 12.3 Å². The van der Waals surface area contributed by atoms with Gasteiger partial charge in [0.05, 0.1) is 6.10 Å². The summed E-state index contributed by atoms with van der Waals surface area (Å²) in [5.74, 6) is 0. The number of nitrogens with zero attached hydrogens (tertiary/aromatic N) is 2. The monoisotopic (exact) mass is 263 g/mol. The standard InChI is InChI=1S/C14H21N3O2/c15-10-1-4-14(19)16(9-10)5-6-17-11-2-3-12(17)8-13(18)7-11/h1,4,9,11-13,18H,2-3,5-8,15H2. The van der Waals surface area contributed by atoms with E-state index in [-0.39, 0.29) is 11.7 Å². The predicted molar refractivity (Wildman–Crippen MR) is 73.9 cm³/mol. The van der Waals surface area contributed by atoms with E-state index in [4.69, 9.17) is 5.73 Å². The van der Waals surface area contributed by atoms with Gasteiger partial charge in [0, 0.05) is 43.1 Å². The molecule has 104 valence electrons. The van der Waals surface area contributed by atoms with Crippen molar-refractivity contribution in [3.05, 3.63) is 28.7 Å². The normalized spacial score (nSPS) is 30.7. The Labute approximate surface area is 112 Å². The van der Waals surface area contributed by atoms with Crippen LogP contribution in [0.2, 0.25) is 0 Å². The molecule has 0 aliphatic carbocycles. The Balaban J connectivity index is 1.67. The fourth-order valence-electron chi connectivity index (χ4n) is 3.56. The topological polar surface area (TPSA) is 71.5 Å². The number of hydrogen-bond acceptors (Lipinski definition) is 4. The molecular weight excluding hydrogens is 242 g/mol. The lowest BCUT2D eigenvalue weighted by atomic mass is 10.00. The molecule has 2 saturated heterocycles. The smallest absolute Gasteiger partial charge is 0.250 e. The number of nitrogen functional groups attached to an aromatic ring is 1. The van der Waals surface area contributed by atoms with E-state index in [1.165, 1.54) is 18.9 Å². The fraction of sp³-hybridized carbons (Fsp3) is 0.643. The van der Waals surface area contributed by atoms with Crippen LogP contribution in [0.1, 0.15) is 25.7 Å². The molecule has 0 aromatic carbocycles. The van der Waals surface area contributed by atoms with E-state index in [2.05, 4.69) is 4.90 Å². The summed E-state index contributed by atoms with van der Waals surface area (Å²) in [6.45, 7) is 1.54. The molecular formula is C14H21N3O2. The van der Waals surface area contributed by atoms with Crippen molar-refractivity contribution in [2.45, 2.75) is 50.4 Å². The zero-order valence-electron chi connectivity index (χ0n) is 11.0. The number of fused-ring (bicyclic) bond motifs is 2. The molecule has 2 aliphatic heterocycles. The first-order valence-corrected chi connectivity index (χ1v) is 7.03. The molecule has 2 fully saturated rings. The van der Waals surface area contributed by atoms with E-state index >= 15 is 0 Å². The molecule has 5 heteroatoms. The third-order valence-corrected chi connectivity index (χ3v) is 4.46. The summed E-state index contributed by atoms with van der Waals surface area (Å²) in [4.78, 5) is 14.2. The van der Waals surface area contributed by atoms with Crippen LogP contribution in [-0.2, 0) is 6.54 Å². The van der Waals surface area contributed by atoms with Gasteiger partial charge >= 0.3 is 0 Å². The van der Waals surface area contributed by atoms with Crippen LogP contribution in [0.25, 0.3) is 0 Å². The average molecular weight is 263 g/mol. The number of hydrogen-bond donors (Lipinski definition) is 2. The first kappa shape index (κ1) is 12.7. The molecule has 19 heavy (non-hydrogen) atoms. The third kappa shape index (κ3) is 2.53. The van der Waals surface area contributed by atoms with Gasteiger partial charge in [0.15, 0.2) is 0 Å². The summed E-state index contributed by atoms with van der Waals surface area (Å²) < 4.78 is 1.68. The lowest BCUT2D eigenvalue weighted by molar-refractivity contribution is 0.0336. The van der Waals surface area contributed by atoms with Crippen LogP contribution in [-0.4, -0.2) is 39.3 Å². The lowest BCUT2D eigenvalue weighted by Crippen LogP contribution is -2.46. The minimum Gasteiger partial charge on any atom is -0.398 e. The van der Waals surface area contributed by atoms with E-state index in [1.807, 2.05) is 0 Å². The highest BCUT2D eigenvalue weighted by molar-refractivity contribution is 5.33. The number of aliphatic hydroxyl groups excluding tert-OH is 1. The molecule has 1 aromatic rings. The molecule has 2 aliphatic rings. The highest BCUT2D eigenvalue weighted by Crippen LogP contribution is 2.35. The molecule has 2 unspecified atom stereocenters. The SMILES string of the molecule is Nc1ccc(=O)n(CCN2C3CCC2CC(O)C3)c1. The second-order valence-corrected chi connectivity index (χ2v) is 5.74. The Kier molecular flexibility index (Phi) is 3.33. The molecule has 3 N–H and O–H groups in total. The molecule has 2 bridgehead atoms. The number of nitrogens with two attached hydrogens (primary N) is 1. The summed E-state index contributed by atoms with van der Waals surface area (Å²) in [7, 11) is 0. The number of piperidine rings is 1. The summed E-state index contributed by atoms with van der Waals surface area (Å²) in [5.41, 5.74) is 6.34. The van der Waals surface area contributed by atoms with Crippen LogP contribution in [0.15, 0.2) is 23.1 Å². The number of anilines is 1. The Hall–Kier alpha value is -1.33. The van der Waals surface area contributed by atoms with E-state index in [0.717, 1.165) is 19.4 Å². The maximum atomic E-state index is 11.7. The molecule has 2 atom stereocenters. The van der Waals surface area contributed by atoms with E-state index < -0.39 is 0 Å². The van der Waals surface area contributed by atoms with Crippen LogP contribution in [0.3, 0.4) is 0 Å². The van der Waals surface area contributed by atoms with Crippen molar-refractivity contribution < 1.29 is 5.11 Å². The predicted octanol–water partition coefficient (Wildman–Crippen LogP) is 0.418. The van der Waals surface area contributed by atoms with Gasteiger partial charge in [0.25, 0.3) is 5.56 Å². The summed E-state index contributed by atoms with van der Waals surface area (Å²) in [5, 5.41) is 9.78. The van der Waals surface area contributed by atoms with E-state index in [1.54, 1.807) is 16.8 Å². The van der Waals surface area contributed by atoms with Gasteiger partial charge < -0.3 is 15.4 Å². The van der Waals surface area contributed by atoms with Crippen LogP contribution in [0, 0.1) is 0 Å². The van der Waals surface area contributed by atoms with Gasteiger partial charge in [-0.2, -0.15) is 0 Å². The van der Waals surface area contributed by atoms with Gasteiger partial charge in [0.2, 0.25) is 0 Å². The molecule has 1 aromatic heterocycles. The van der Waals surface area contributed by atoms with Gasteiger partial charge in [-0.3, -0.25) is 9.69 Å². The van der Waals surface area contributed by atoms with Crippen molar-refractivity contribution in [3.8, 4) is 0 Å². The number of rotatable bonds is 3. The van der Waals surface area contributed by atoms with Gasteiger partial charge in [0.1, 0.15) is 0 Å². The number of aliphatic hydroxyl groups is 1. The highest BCUT2D eigenvalue weighted by atomic mass is 16.3. The van der Waals surface area contributed by atoms with Gasteiger partial charge in [-0.15, -0.1) is 0 Å². The van der Waals surface area contributed by atoms with Crippen LogP contribution >= 0.6 is 0 Å². The second-order valence-electron chi connectivity index (χ2n) is 5.74. The van der Waals surface area contributed by atoms with Crippen LogP contribution in [0.5, 0.6) is 0 Å². The average Bonchev–Trinajstić information content (AvgIpc) is 2.61. The van der Waals surface area contributed by atoms with Gasteiger partial charge in [-0.05, 0) is 31.7 Å². The molecule has 3 rings (SSSR count). The van der Waals surface area contributed by atoms with Gasteiger partial charge in [-0.25, -0.2) is 0 Å². The summed E-state index contributed by atoms with van der Waals surface area (Å²) >= 11 is 0. The molecule has 0 amide bonds. The molecule has 0 saturated carbocycles. The van der Waals surface area contributed by atoms with Crippen LogP contribution in [0.4, 0.5) is 5.69 Å². The van der Waals surface area contributed by atoms with Crippen molar-refractivity contribution in [3.63, 3.8) is 0 Å². The maximum absolute atomic E-state index is 11.7. The highest BCUT2D eigenvalue weighted by Gasteiger charge is 2.39. The quantitative estimate of drug-likeness (QED) is 0.829. The van der Waals surface area contributed by atoms with E-state index in [9.17, 15) is 9.90 Å². The summed E-state index contributed by atoms with van der Waals surface area (Å²) in [6.07, 6.45) is 5.68.